The number of ether oxygens (including phenoxy) is 5. The summed E-state index contributed by atoms with van der Waals surface area (Å²) >= 11 is 0. The Bertz CT molecular complexity index is 1000. The Morgan fingerprint density at radius 2 is 1.18 bits per heavy atom. The van der Waals surface area contributed by atoms with E-state index in [2.05, 4.69) is 17.6 Å². The summed E-state index contributed by atoms with van der Waals surface area (Å²) < 4.78 is 29.7. The Morgan fingerprint density at radius 3 is 1.68 bits per heavy atom. The molecule has 1 heterocycles. The minimum Gasteiger partial charge on any atom is -0.493 e. The van der Waals surface area contributed by atoms with Gasteiger partial charge in [0.1, 0.15) is 7.05 Å². The maximum Gasteiger partial charge on any atom is 0.217 e. The van der Waals surface area contributed by atoms with Crippen molar-refractivity contribution in [3.8, 4) is 39.9 Å². The Hall–Kier alpha value is -3.15. The molecule has 0 aliphatic rings. The number of benzene rings is 2. The lowest BCUT2D eigenvalue weighted by Crippen LogP contribution is -2.33. The summed E-state index contributed by atoms with van der Waals surface area (Å²) in [6.07, 6.45) is 0. The SMILES string of the molecule is COc1cc2c(-c3cc(OC)c(OC)c(OC)c3)cc(C)[n+](C)c2cc1OC. The summed E-state index contributed by atoms with van der Waals surface area (Å²) in [7, 11) is 10.1. The summed E-state index contributed by atoms with van der Waals surface area (Å²) in [5, 5.41) is 1.03. The van der Waals surface area contributed by atoms with Gasteiger partial charge in [-0.2, -0.15) is 4.57 Å². The predicted molar refractivity (Wildman–Crippen MR) is 108 cm³/mol. The highest BCUT2D eigenvalue weighted by molar-refractivity contribution is 5.95. The molecule has 2 aromatic carbocycles. The van der Waals surface area contributed by atoms with Gasteiger partial charge in [-0.25, -0.2) is 0 Å². The average molecular weight is 384 g/mol. The predicted octanol–water partition coefficient (Wildman–Crippen LogP) is 3.68. The standard InChI is InChI=1S/C22H26NO5/c1-13-8-15(14-9-20(26-5)22(28-7)21(10-14)27-6)16-11-18(24-3)19(25-4)12-17(16)23(13)2/h8-12H,1-7H3/q+1. The Labute approximate surface area is 165 Å². The second-order valence-corrected chi connectivity index (χ2v) is 6.40. The number of hydrogen-bond acceptors (Lipinski definition) is 5. The van der Waals surface area contributed by atoms with Gasteiger partial charge in [-0.05, 0) is 23.8 Å². The van der Waals surface area contributed by atoms with Crippen LogP contribution < -0.4 is 28.3 Å². The summed E-state index contributed by atoms with van der Waals surface area (Å²) in [6, 6.07) is 10.0. The van der Waals surface area contributed by atoms with Crippen LogP contribution in [0.2, 0.25) is 0 Å². The summed E-state index contributed by atoms with van der Waals surface area (Å²) in [5.41, 5.74) is 4.12. The number of nitrogens with zero attached hydrogens (tertiary/aromatic N) is 1. The molecule has 6 heteroatoms. The third kappa shape index (κ3) is 3.15. The van der Waals surface area contributed by atoms with Gasteiger partial charge in [-0.3, -0.25) is 0 Å². The highest BCUT2D eigenvalue weighted by atomic mass is 16.5. The zero-order valence-corrected chi connectivity index (χ0v) is 17.4. The second-order valence-electron chi connectivity index (χ2n) is 6.40. The first kappa shape index (κ1) is 19.6. The average Bonchev–Trinajstić information content (AvgIpc) is 2.73. The van der Waals surface area contributed by atoms with E-state index in [9.17, 15) is 0 Å². The van der Waals surface area contributed by atoms with Crippen LogP contribution in [-0.2, 0) is 7.05 Å². The third-order valence-corrected chi connectivity index (χ3v) is 5.01. The molecule has 0 saturated carbocycles. The van der Waals surface area contributed by atoms with Crippen LogP contribution in [0.1, 0.15) is 5.69 Å². The molecule has 0 aliphatic heterocycles. The highest BCUT2D eigenvalue weighted by Crippen LogP contribution is 2.43. The van der Waals surface area contributed by atoms with Crippen molar-refractivity contribution in [1.29, 1.82) is 0 Å². The number of methoxy groups -OCH3 is 5. The topological polar surface area (TPSA) is 50.0 Å². The molecule has 6 nitrogen and oxygen atoms in total. The Morgan fingerprint density at radius 1 is 0.643 bits per heavy atom. The summed E-state index contributed by atoms with van der Waals surface area (Å²) in [5.74, 6) is 3.14. The van der Waals surface area contributed by atoms with Gasteiger partial charge >= 0.3 is 0 Å². The molecule has 28 heavy (non-hydrogen) atoms. The van der Waals surface area contributed by atoms with E-state index >= 15 is 0 Å². The molecule has 1 aromatic heterocycles. The van der Waals surface area contributed by atoms with Gasteiger partial charge in [0.15, 0.2) is 28.7 Å². The number of aryl methyl sites for hydroxylation is 2. The summed E-state index contributed by atoms with van der Waals surface area (Å²) in [6.45, 7) is 2.07. The van der Waals surface area contributed by atoms with Crippen LogP contribution in [0, 0.1) is 6.92 Å². The maximum absolute atomic E-state index is 5.53. The third-order valence-electron chi connectivity index (χ3n) is 5.01. The van der Waals surface area contributed by atoms with Crippen LogP contribution in [-0.4, -0.2) is 35.5 Å². The van der Waals surface area contributed by atoms with E-state index in [1.807, 2.05) is 31.3 Å². The van der Waals surface area contributed by atoms with Crippen molar-refractivity contribution in [3.05, 3.63) is 36.0 Å². The van der Waals surface area contributed by atoms with Crippen LogP contribution in [0.15, 0.2) is 30.3 Å². The number of aromatic nitrogens is 1. The van der Waals surface area contributed by atoms with Crippen molar-refractivity contribution < 1.29 is 28.3 Å². The van der Waals surface area contributed by atoms with Gasteiger partial charge in [0.2, 0.25) is 11.3 Å². The molecular formula is C22H26NO5+. The molecule has 148 valence electrons. The van der Waals surface area contributed by atoms with Crippen LogP contribution in [0.25, 0.3) is 22.0 Å². The van der Waals surface area contributed by atoms with Crippen molar-refractivity contribution in [2.24, 2.45) is 7.05 Å². The number of pyridine rings is 1. The van der Waals surface area contributed by atoms with Crippen molar-refractivity contribution in [1.82, 2.24) is 0 Å². The first-order valence-electron chi connectivity index (χ1n) is 8.84. The van der Waals surface area contributed by atoms with Crippen LogP contribution >= 0.6 is 0 Å². The highest BCUT2D eigenvalue weighted by Gasteiger charge is 2.21. The lowest BCUT2D eigenvalue weighted by Gasteiger charge is -2.16. The van der Waals surface area contributed by atoms with Gasteiger partial charge in [0, 0.05) is 18.6 Å². The van der Waals surface area contributed by atoms with E-state index in [0.717, 1.165) is 27.7 Å². The lowest BCUT2D eigenvalue weighted by molar-refractivity contribution is -0.651. The fraction of sp³-hybridized carbons (Fsp3) is 0.318. The monoisotopic (exact) mass is 384 g/mol. The smallest absolute Gasteiger partial charge is 0.217 e. The van der Waals surface area contributed by atoms with Gasteiger partial charge in [-0.15, -0.1) is 0 Å². The molecule has 0 N–H and O–H groups in total. The Kier molecular flexibility index (Phi) is 5.49. The molecule has 0 bridgehead atoms. The quantitative estimate of drug-likeness (QED) is 0.607. The van der Waals surface area contributed by atoms with Crippen LogP contribution in [0.5, 0.6) is 28.7 Å². The fourth-order valence-corrected chi connectivity index (χ4v) is 3.41. The number of hydrogen-bond donors (Lipinski definition) is 0. The van der Waals surface area contributed by atoms with E-state index in [-0.39, 0.29) is 0 Å². The largest absolute Gasteiger partial charge is 0.493 e. The van der Waals surface area contributed by atoms with E-state index in [1.165, 1.54) is 0 Å². The molecule has 0 aliphatic carbocycles. The number of rotatable bonds is 6. The van der Waals surface area contributed by atoms with Crippen molar-refractivity contribution in [2.75, 3.05) is 35.5 Å². The zero-order chi connectivity index (χ0) is 20.4. The van der Waals surface area contributed by atoms with Gasteiger partial charge in [0.25, 0.3) is 0 Å². The molecule has 0 saturated heterocycles. The fourth-order valence-electron chi connectivity index (χ4n) is 3.41. The minimum absolute atomic E-state index is 0.565. The first-order valence-corrected chi connectivity index (χ1v) is 8.84. The van der Waals surface area contributed by atoms with Gasteiger partial charge in [0.05, 0.1) is 47.0 Å². The maximum atomic E-state index is 5.53. The molecule has 3 aromatic rings. The summed E-state index contributed by atoms with van der Waals surface area (Å²) in [4.78, 5) is 0. The molecular weight excluding hydrogens is 358 g/mol. The molecule has 0 unspecified atom stereocenters. The molecule has 3 rings (SSSR count). The first-order chi connectivity index (χ1) is 13.5. The van der Waals surface area contributed by atoms with E-state index in [1.54, 1.807) is 35.5 Å². The van der Waals surface area contributed by atoms with Crippen molar-refractivity contribution in [2.45, 2.75) is 6.92 Å². The van der Waals surface area contributed by atoms with Gasteiger partial charge in [-0.1, -0.05) is 0 Å². The molecule has 0 spiro atoms. The molecule has 0 fully saturated rings. The molecule has 0 radical (unpaired) electrons. The van der Waals surface area contributed by atoms with Crippen molar-refractivity contribution in [3.63, 3.8) is 0 Å². The second kappa shape index (κ2) is 7.84. The Balaban J connectivity index is 2.39. The van der Waals surface area contributed by atoms with Gasteiger partial charge < -0.3 is 23.7 Å². The minimum atomic E-state index is 0.565. The zero-order valence-electron chi connectivity index (χ0n) is 17.4. The molecule has 0 atom stereocenters. The van der Waals surface area contributed by atoms with E-state index in [0.29, 0.717) is 28.7 Å². The lowest BCUT2D eigenvalue weighted by atomic mass is 9.98. The van der Waals surface area contributed by atoms with E-state index in [4.69, 9.17) is 23.7 Å². The van der Waals surface area contributed by atoms with Crippen LogP contribution in [0.3, 0.4) is 0 Å². The normalized spacial score (nSPS) is 10.7. The van der Waals surface area contributed by atoms with Crippen molar-refractivity contribution >= 4 is 10.9 Å². The molecule has 0 amide bonds. The van der Waals surface area contributed by atoms with Crippen LogP contribution in [0.4, 0.5) is 0 Å². The van der Waals surface area contributed by atoms with E-state index < -0.39 is 0 Å². The number of fused-ring (bicyclic) bond motifs is 1.